The Morgan fingerprint density at radius 1 is 0.974 bits per heavy atom. The molecule has 0 fully saturated rings. The highest BCUT2D eigenvalue weighted by atomic mass is 32.2. The van der Waals surface area contributed by atoms with Crippen molar-refractivity contribution < 1.29 is 13.5 Å². The standard InChI is InChI=1S/C29H43N5O4S/c1-6-10-12-22(8-3)19-34(20-23(9-4)13-11-7-2)39(37,38)25-16-14-24(15-17-25)32-33-27-21(5)26(18-30)28(35)31-29(27)36/h14-17,22-23H,6-13,19-20H2,1-5H3,(H2,31,35,36)/b33-32+. The van der Waals surface area contributed by atoms with Crippen LogP contribution in [0.4, 0.5) is 11.4 Å². The summed E-state index contributed by atoms with van der Waals surface area (Å²) in [6.45, 7) is 11.1. The maximum atomic E-state index is 13.8. The zero-order valence-electron chi connectivity index (χ0n) is 23.9. The minimum Gasteiger partial charge on any atom is -0.493 e. The first kappa shape index (κ1) is 32.2. The molecule has 1 aromatic heterocycles. The quantitative estimate of drug-likeness (QED) is 0.212. The maximum absolute atomic E-state index is 13.8. The molecule has 0 amide bonds. The highest BCUT2D eigenvalue weighted by molar-refractivity contribution is 7.89. The molecule has 0 aliphatic carbocycles. The van der Waals surface area contributed by atoms with E-state index in [9.17, 15) is 23.6 Å². The van der Waals surface area contributed by atoms with Crippen LogP contribution in [0.3, 0.4) is 0 Å². The van der Waals surface area contributed by atoms with Crippen molar-refractivity contribution in [1.29, 1.82) is 5.26 Å². The number of aromatic hydroxyl groups is 1. The number of nitriles is 1. The number of H-pyrrole nitrogens is 1. The van der Waals surface area contributed by atoms with Crippen LogP contribution in [0.5, 0.6) is 5.88 Å². The molecular weight excluding hydrogens is 514 g/mol. The molecule has 9 nitrogen and oxygen atoms in total. The highest BCUT2D eigenvalue weighted by Crippen LogP contribution is 2.31. The number of hydrogen-bond donors (Lipinski definition) is 2. The number of pyridine rings is 1. The summed E-state index contributed by atoms with van der Waals surface area (Å²) >= 11 is 0. The van der Waals surface area contributed by atoms with Gasteiger partial charge in [-0.2, -0.15) is 14.7 Å². The number of hydrogen-bond acceptors (Lipinski definition) is 7. The van der Waals surface area contributed by atoms with Gasteiger partial charge in [0.25, 0.3) is 5.56 Å². The van der Waals surface area contributed by atoms with Gasteiger partial charge in [-0.15, -0.1) is 5.11 Å². The molecule has 0 saturated carbocycles. The summed E-state index contributed by atoms with van der Waals surface area (Å²) in [7, 11) is -3.73. The van der Waals surface area contributed by atoms with Crippen molar-refractivity contribution >= 4 is 21.4 Å². The average molecular weight is 558 g/mol. The van der Waals surface area contributed by atoms with Gasteiger partial charge in [-0.05, 0) is 55.9 Å². The Morgan fingerprint density at radius 3 is 1.97 bits per heavy atom. The first-order valence-electron chi connectivity index (χ1n) is 14.0. The molecule has 2 aromatic rings. The number of nitrogens with one attached hydrogen (secondary N) is 1. The number of nitrogens with zero attached hydrogens (tertiary/aromatic N) is 4. The van der Waals surface area contributed by atoms with Gasteiger partial charge in [0.15, 0.2) is 0 Å². The summed E-state index contributed by atoms with van der Waals surface area (Å²) < 4.78 is 29.4. The fourth-order valence-electron chi connectivity index (χ4n) is 4.58. The third-order valence-corrected chi connectivity index (χ3v) is 9.12. The lowest BCUT2D eigenvalue weighted by Gasteiger charge is -2.30. The molecule has 2 unspecified atom stereocenters. The van der Waals surface area contributed by atoms with E-state index in [2.05, 4.69) is 42.9 Å². The SMILES string of the molecule is CCCCC(CC)CN(CC(CC)CCCC)S(=O)(=O)c1ccc(/N=N/c2c(O)[nH]c(=O)c(C#N)c2C)cc1. The lowest BCUT2D eigenvalue weighted by Crippen LogP contribution is -2.39. The highest BCUT2D eigenvalue weighted by Gasteiger charge is 2.28. The van der Waals surface area contributed by atoms with E-state index in [0.29, 0.717) is 30.6 Å². The molecule has 0 bridgehead atoms. The van der Waals surface area contributed by atoms with Gasteiger partial charge in [0.1, 0.15) is 17.3 Å². The lowest BCUT2D eigenvalue weighted by atomic mass is 9.97. The predicted molar refractivity (Wildman–Crippen MR) is 154 cm³/mol. The van der Waals surface area contributed by atoms with Gasteiger partial charge in [-0.3, -0.25) is 9.78 Å². The van der Waals surface area contributed by atoms with E-state index in [-0.39, 0.29) is 21.7 Å². The van der Waals surface area contributed by atoms with Crippen molar-refractivity contribution in [3.8, 4) is 11.9 Å². The number of aromatic nitrogens is 1. The molecule has 1 heterocycles. The Labute approximate surface area is 233 Å². The van der Waals surface area contributed by atoms with Gasteiger partial charge in [-0.25, -0.2) is 8.42 Å². The molecule has 1 aromatic carbocycles. The van der Waals surface area contributed by atoms with Crippen molar-refractivity contribution in [3.05, 3.63) is 45.7 Å². The molecule has 0 aliphatic rings. The number of benzene rings is 1. The number of sulfonamides is 1. The summed E-state index contributed by atoms with van der Waals surface area (Å²) in [4.78, 5) is 14.2. The topological polar surface area (TPSA) is 139 Å². The molecule has 2 atom stereocenters. The van der Waals surface area contributed by atoms with E-state index < -0.39 is 21.5 Å². The molecule has 2 N–H and O–H groups in total. The third-order valence-electron chi connectivity index (χ3n) is 7.28. The first-order valence-corrected chi connectivity index (χ1v) is 15.4. The van der Waals surface area contributed by atoms with E-state index in [0.717, 1.165) is 51.4 Å². The van der Waals surface area contributed by atoms with Crippen molar-refractivity contribution in [3.63, 3.8) is 0 Å². The first-order chi connectivity index (χ1) is 18.6. The second kappa shape index (κ2) is 15.5. The van der Waals surface area contributed by atoms with Crippen LogP contribution in [0, 0.1) is 30.1 Å². The van der Waals surface area contributed by atoms with Crippen LogP contribution in [0.15, 0.2) is 44.2 Å². The molecule has 0 spiro atoms. The monoisotopic (exact) mass is 557 g/mol. The van der Waals surface area contributed by atoms with E-state index in [1.54, 1.807) is 22.5 Å². The van der Waals surface area contributed by atoms with Crippen LogP contribution in [0.25, 0.3) is 0 Å². The fourth-order valence-corrected chi connectivity index (χ4v) is 6.17. The van der Waals surface area contributed by atoms with Gasteiger partial charge >= 0.3 is 0 Å². The minimum atomic E-state index is -3.73. The summed E-state index contributed by atoms with van der Waals surface area (Å²) in [6, 6.07) is 7.96. The molecule has 0 aliphatic heterocycles. The zero-order valence-corrected chi connectivity index (χ0v) is 24.7. The van der Waals surface area contributed by atoms with Crippen LogP contribution < -0.4 is 5.56 Å². The summed E-state index contributed by atoms with van der Waals surface area (Å²) in [5.74, 6) is 0.128. The molecule has 0 radical (unpaired) electrons. The normalized spacial score (nSPS) is 13.6. The summed E-state index contributed by atoms with van der Waals surface area (Å²) in [5.41, 5.74) is -0.306. The van der Waals surface area contributed by atoms with Gasteiger partial charge in [-0.1, -0.05) is 66.2 Å². The Hall–Kier alpha value is -3.03. The Kier molecular flexibility index (Phi) is 12.8. The van der Waals surface area contributed by atoms with Crippen LogP contribution >= 0.6 is 0 Å². The van der Waals surface area contributed by atoms with Crippen LogP contribution in [0.2, 0.25) is 0 Å². The van der Waals surface area contributed by atoms with Crippen molar-refractivity contribution in [2.45, 2.75) is 90.9 Å². The van der Waals surface area contributed by atoms with Gasteiger partial charge in [0.2, 0.25) is 15.9 Å². The van der Waals surface area contributed by atoms with Crippen LogP contribution in [-0.2, 0) is 10.0 Å². The molecule has 39 heavy (non-hydrogen) atoms. The number of aromatic amines is 1. The Morgan fingerprint density at radius 2 is 1.51 bits per heavy atom. The van der Waals surface area contributed by atoms with Gasteiger partial charge in [0.05, 0.1) is 10.6 Å². The molecule has 2 rings (SSSR count). The zero-order chi connectivity index (χ0) is 29.0. The van der Waals surface area contributed by atoms with Crippen molar-refractivity contribution in [2.24, 2.45) is 22.1 Å². The maximum Gasteiger partial charge on any atom is 0.269 e. The van der Waals surface area contributed by atoms with E-state index in [1.807, 2.05) is 0 Å². The van der Waals surface area contributed by atoms with E-state index >= 15 is 0 Å². The van der Waals surface area contributed by atoms with Crippen molar-refractivity contribution in [2.75, 3.05) is 13.1 Å². The second-order valence-corrected chi connectivity index (χ2v) is 12.1. The van der Waals surface area contributed by atoms with E-state index in [1.165, 1.54) is 19.1 Å². The third kappa shape index (κ3) is 8.73. The smallest absolute Gasteiger partial charge is 0.269 e. The molecular formula is C29H43N5O4S. The van der Waals surface area contributed by atoms with Crippen LogP contribution in [-0.4, -0.2) is 35.9 Å². The summed E-state index contributed by atoms with van der Waals surface area (Å²) in [6.07, 6.45) is 8.22. The lowest BCUT2D eigenvalue weighted by molar-refractivity contribution is 0.270. The minimum absolute atomic E-state index is 0.0237. The van der Waals surface area contributed by atoms with Gasteiger partial charge in [0, 0.05) is 18.7 Å². The summed E-state index contributed by atoms with van der Waals surface area (Å²) in [5, 5.41) is 27.4. The van der Waals surface area contributed by atoms with E-state index in [4.69, 9.17) is 0 Å². The molecule has 0 saturated heterocycles. The largest absolute Gasteiger partial charge is 0.493 e. The second-order valence-electron chi connectivity index (χ2n) is 10.1. The molecule has 214 valence electrons. The fraction of sp³-hybridized carbons (Fsp3) is 0.586. The number of rotatable bonds is 16. The Balaban J connectivity index is 2.35. The average Bonchev–Trinajstić information content (AvgIpc) is 2.92. The van der Waals surface area contributed by atoms with Crippen LogP contribution in [0.1, 0.15) is 90.2 Å². The Bertz CT molecular complexity index is 1280. The number of azo groups is 1. The van der Waals surface area contributed by atoms with Crippen molar-refractivity contribution in [1.82, 2.24) is 9.29 Å². The number of unbranched alkanes of at least 4 members (excludes halogenated alkanes) is 2. The van der Waals surface area contributed by atoms with Gasteiger partial charge < -0.3 is 5.11 Å². The predicted octanol–water partition coefficient (Wildman–Crippen LogP) is 7.10. The molecule has 10 heteroatoms.